The van der Waals surface area contributed by atoms with Crippen molar-refractivity contribution in [3.8, 4) is 0 Å². The second-order valence-corrected chi connectivity index (χ2v) is 6.28. The fourth-order valence-electron chi connectivity index (χ4n) is 2.40. The lowest BCUT2D eigenvalue weighted by Crippen LogP contribution is -2.27. The standard InChI is InChI=1S/C16H17N5O2S/c1-3-7-12-18-19-16(24-12)17-15(23)13-14(22)10-8-5-6-9-11(10)21(4-2)20-13/h5-6,8-9H,3-4,7H2,1-2H3,(H,17,19,23). The number of benzene rings is 1. The van der Waals surface area contributed by atoms with Crippen LogP contribution >= 0.6 is 11.3 Å². The third kappa shape index (κ3) is 3.05. The van der Waals surface area contributed by atoms with Gasteiger partial charge in [-0.1, -0.05) is 30.4 Å². The number of aryl methyl sites for hydroxylation is 2. The number of aromatic nitrogens is 4. The van der Waals surface area contributed by atoms with Crippen molar-refractivity contribution in [3.05, 3.63) is 45.2 Å². The minimum Gasteiger partial charge on any atom is -0.295 e. The van der Waals surface area contributed by atoms with E-state index in [0.717, 1.165) is 17.8 Å². The van der Waals surface area contributed by atoms with Crippen LogP contribution in [0.15, 0.2) is 29.1 Å². The Morgan fingerprint density at radius 1 is 1.25 bits per heavy atom. The molecule has 0 fully saturated rings. The summed E-state index contributed by atoms with van der Waals surface area (Å²) in [6.45, 7) is 4.51. The van der Waals surface area contributed by atoms with Crippen LogP contribution in [0.2, 0.25) is 0 Å². The van der Waals surface area contributed by atoms with Crippen molar-refractivity contribution in [2.45, 2.75) is 33.2 Å². The Labute approximate surface area is 142 Å². The SMILES string of the molecule is CCCc1nnc(NC(=O)c2nn(CC)c3ccccc3c2=O)s1. The first-order chi connectivity index (χ1) is 11.6. The zero-order chi connectivity index (χ0) is 17.1. The summed E-state index contributed by atoms with van der Waals surface area (Å²) < 4.78 is 1.65. The van der Waals surface area contributed by atoms with Crippen molar-refractivity contribution in [1.29, 1.82) is 0 Å². The second kappa shape index (κ2) is 6.88. The first kappa shape index (κ1) is 16.3. The Morgan fingerprint density at radius 2 is 2.04 bits per heavy atom. The molecule has 8 heteroatoms. The molecule has 0 aliphatic carbocycles. The van der Waals surface area contributed by atoms with Crippen LogP contribution in [0.25, 0.3) is 10.9 Å². The maximum atomic E-state index is 12.6. The van der Waals surface area contributed by atoms with Gasteiger partial charge in [0.2, 0.25) is 10.6 Å². The second-order valence-electron chi connectivity index (χ2n) is 5.22. The third-order valence-electron chi connectivity index (χ3n) is 3.53. The van der Waals surface area contributed by atoms with Gasteiger partial charge in [0.25, 0.3) is 5.91 Å². The largest absolute Gasteiger partial charge is 0.295 e. The fraction of sp³-hybridized carbons (Fsp3) is 0.312. The van der Waals surface area contributed by atoms with Crippen LogP contribution in [0.3, 0.4) is 0 Å². The Kier molecular flexibility index (Phi) is 4.66. The Bertz CT molecular complexity index is 947. The van der Waals surface area contributed by atoms with Gasteiger partial charge in [0.1, 0.15) is 5.01 Å². The number of hydrogen-bond donors (Lipinski definition) is 1. The van der Waals surface area contributed by atoms with Crippen molar-refractivity contribution in [2.75, 3.05) is 5.32 Å². The predicted octanol–water partition coefficient (Wildman–Crippen LogP) is 2.47. The van der Waals surface area contributed by atoms with Gasteiger partial charge in [-0.3, -0.25) is 19.6 Å². The minimum atomic E-state index is -0.563. The number of carbonyl (C=O) groups is 1. The molecular weight excluding hydrogens is 326 g/mol. The van der Waals surface area contributed by atoms with Gasteiger partial charge < -0.3 is 0 Å². The molecule has 2 heterocycles. The number of nitrogens with one attached hydrogen (secondary N) is 1. The summed E-state index contributed by atoms with van der Waals surface area (Å²) in [5.74, 6) is -0.563. The van der Waals surface area contributed by atoms with E-state index in [1.807, 2.05) is 26.0 Å². The summed E-state index contributed by atoms with van der Waals surface area (Å²) in [5.41, 5.74) is 0.191. The predicted molar refractivity (Wildman–Crippen MR) is 93.5 cm³/mol. The van der Waals surface area contributed by atoms with Crippen molar-refractivity contribution in [2.24, 2.45) is 0 Å². The molecule has 0 spiro atoms. The molecule has 1 aromatic carbocycles. The van der Waals surface area contributed by atoms with Crippen molar-refractivity contribution < 1.29 is 4.79 Å². The topological polar surface area (TPSA) is 89.8 Å². The first-order valence-electron chi connectivity index (χ1n) is 7.77. The van der Waals surface area contributed by atoms with E-state index < -0.39 is 5.91 Å². The lowest BCUT2D eigenvalue weighted by atomic mass is 10.2. The average Bonchev–Trinajstić information content (AvgIpc) is 3.03. The number of amides is 1. The highest BCUT2D eigenvalue weighted by Gasteiger charge is 2.18. The first-order valence-corrected chi connectivity index (χ1v) is 8.59. The monoisotopic (exact) mass is 343 g/mol. The molecule has 24 heavy (non-hydrogen) atoms. The van der Waals surface area contributed by atoms with Crippen molar-refractivity contribution in [3.63, 3.8) is 0 Å². The summed E-state index contributed by atoms with van der Waals surface area (Å²) in [6, 6.07) is 7.13. The molecule has 0 aliphatic rings. The van der Waals surface area contributed by atoms with Gasteiger partial charge in [-0.25, -0.2) is 0 Å². The summed E-state index contributed by atoms with van der Waals surface area (Å²) in [5, 5.41) is 16.5. The molecule has 0 atom stereocenters. The molecule has 0 bridgehead atoms. The molecule has 124 valence electrons. The van der Waals surface area contributed by atoms with Crippen LogP contribution in [0.5, 0.6) is 0 Å². The van der Waals surface area contributed by atoms with E-state index in [0.29, 0.717) is 22.6 Å². The molecule has 1 N–H and O–H groups in total. The Balaban J connectivity index is 1.97. The number of nitrogens with zero attached hydrogens (tertiary/aromatic N) is 4. The quantitative estimate of drug-likeness (QED) is 0.768. The van der Waals surface area contributed by atoms with Crippen LogP contribution in [-0.2, 0) is 13.0 Å². The van der Waals surface area contributed by atoms with Crippen LogP contribution < -0.4 is 10.7 Å². The molecule has 0 aliphatic heterocycles. The number of anilines is 1. The van der Waals surface area contributed by atoms with Gasteiger partial charge in [-0.15, -0.1) is 10.2 Å². The summed E-state index contributed by atoms with van der Waals surface area (Å²) in [7, 11) is 0. The number of hydrogen-bond acceptors (Lipinski definition) is 6. The Morgan fingerprint density at radius 3 is 2.79 bits per heavy atom. The van der Waals surface area contributed by atoms with Gasteiger partial charge in [-0.05, 0) is 25.5 Å². The van der Waals surface area contributed by atoms with Gasteiger partial charge in [-0.2, -0.15) is 5.10 Å². The molecule has 0 saturated carbocycles. The number of para-hydroxylation sites is 1. The highest BCUT2D eigenvalue weighted by atomic mass is 32.1. The van der Waals surface area contributed by atoms with Crippen LogP contribution in [0, 0.1) is 0 Å². The van der Waals surface area contributed by atoms with E-state index in [1.165, 1.54) is 11.3 Å². The van der Waals surface area contributed by atoms with E-state index in [-0.39, 0.29) is 11.1 Å². The molecular formula is C16H17N5O2S. The molecule has 7 nitrogen and oxygen atoms in total. The summed E-state index contributed by atoms with van der Waals surface area (Å²) >= 11 is 1.31. The van der Waals surface area contributed by atoms with Crippen LogP contribution in [-0.4, -0.2) is 25.9 Å². The van der Waals surface area contributed by atoms with E-state index >= 15 is 0 Å². The van der Waals surface area contributed by atoms with Crippen LogP contribution in [0.4, 0.5) is 5.13 Å². The van der Waals surface area contributed by atoms with Crippen LogP contribution in [0.1, 0.15) is 35.8 Å². The van der Waals surface area contributed by atoms with Crippen molar-refractivity contribution in [1.82, 2.24) is 20.0 Å². The van der Waals surface area contributed by atoms with E-state index in [9.17, 15) is 9.59 Å². The highest BCUT2D eigenvalue weighted by Crippen LogP contribution is 2.17. The average molecular weight is 343 g/mol. The molecule has 3 rings (SSSR count). The number of rotatable bonds is 5. The Hall–Kier alpha value is -2.61. The normalized spacial score (nSPS) is 10.9. The zero-order valence-corrected chi connectivity index (χ0v) is 14.3. The molecule has 0 unspecified atom stereocenters. The number of fused-ring (bicyclic) bond motifs is 1. The smallest absolute Gasteiger partial charge is 0.282 e. The molecule has 0 radical (unpaired) electrons. The van der Waals surface area contributed by atoms with Gasteiger partial charge in [0.15, 0.2) is 5.69 Å². The van der Waals surface area contributed by atoms with Crippen molar-refractivity contribution >= 4 is 33.3 Å². The molecule has 2 aromatic heterocycles. The van der Waals surface area contributed by atoms with E-state index in [1.54, 1.807) is 16.8 Å². The molecule has 0 saturated heterocycles. The number of carbonyl (C=O) groups excluding carboxylic acids is 1. The fourth-order valence-corrected chi connectivity index (χ4v) is 3.24. The molecule has 1 amide bonds. The maximum absolute atomic E-state index is 12.6. The highest BCUT2D eigenvalue weighted by molar-refractivity contribution is 7.15. The van der Waals surface area contributed by atoms with E-state index in [2.05, 4.69) is 20.6 Å². The molecule has 3 aromatic rings. The van der Waals surface area contributed by atoms with Gasteiger partial charge in [0, 0.05) is 18.4 Å². The lowest BCUT2D eigenvalue weighted by Gasteiger charge is -2.09. The third-order valence-corrected chi connectivity index (χ3v) is 4.43. The van der Waals surface area contributed by atoms with Gasteiger partial charge >= 0.3 is 0 Å². The maximum Gasteiger partial charge on any atom is 0.282 e. The summed E-state index contributed by atoms with van der Waals surface area (Å²) in [6.07, 6.45) is 1.76. The van der Waals surface area contributed by atoms with Gasteiger partial charge in [0.05, 0.1) is 5.52 Å². The zero-order valence-electron chi connectivity index (χ0n) is 13.4. The summed E-state index contributed by atoms with van der Waals surface area (Å²) in [4.78, 5) is 25.0. The lowest BCUT2D eigenvalue weighted by molar-refractivity contribution is 0.101. The minimum absolute atomic E-state index is 0.136. The van der Waals surface area contributed by atoms with E-state index in [4.69, 9.17) is 0 Å².